The number of pyridine rings is 1. The van der Waals surface area contributed by atoms with Crippen LogP contribution in [0, 0.1) is 6.92 Å². The molecule has 3 nitrogen and oxygen atoms in total. The second-order valence-electron chi connectivity index (χ2n) is 2.37. The fourth-order valence-electron chi connectivity index (χ4n) is 0.817. The van der Waals surface area contributed by atoms with Gasteiger partial charge in [0.25, 0.3) is 0 Å². The molecule has 0 amide bonds. The molecule has 1 heterocycles. The van der Waals surface area contributed by atoms with Crippen molar-refractivity contribution in [2.24, 2.45) is 0 Å². The maximum atomic E-state index is 8.51. The maximum Gasteiger partial charge on any atom is 0.126 e. The molecule has 4 heteroatoms. The minimum Gasteiger partial charge on any atom is -0.395 e. The molecule has 0 radical (unpaired) electrons. The molecule has 0 aliphatic carbocycles. The molecular weight excluding hydrogens is 176 g/mol. The van der Waals surface area contributed by atoms with Gasteiger partial charge in [-0.15, -0.1) is 12.4 Å². The number of hydrogen-bond donors (Lipinski definition) is 2. The predicted octanol–water partition coefficient (Wildman–Crippen LogP) is 1.22. The molecular formula is C8H13ClN2O. The summed E-state index contributed by atoms with van der Waals surface area (Å²) in [6, 6.07) is 3.87. The summed E-state index contributed by atoms with van der Waals surface area (Å²) in [5, 5.41) is 11.5. The number of hydrogen-bond acceptors (Lipinski definition) is 3. The first kappa shape index (κ1) is 11.2. The standard InChI is InChI=1S/C8H12N2O.ClH/c1-7-2-3-9-8(6-7)10-4-5-11;/h2-3,6,11H,4-5H2,1H3,(H,9,10);1H. The topological polar surface area (TPSA) is 45.2 Å². The number of anilines is 1. The first-order valence-corrected chi connectivity index (χ1v) is 3.60. The second kappa shape index (κ2) is 5.80. The third-order valence-corrected chi connectivity index (χ3v) is 1.33. The van der Waals surface area contributed by atoms with Crippen LogP contribution in [0.1, 0.15) is 5.56 Å². The highest BCUT2D eigenvalue weighted by atomic mass is 35.5. The number of aryl methyl sites for hydroxylation is 1. The monoisotopic (exact) mass is 188 g/mol. The molecule has 0 atom stereocenters. The molecule has 1 rings (SSSR count). The first-order chi connectivity index (χ1) is 5.33. The number of rotatable bonds is 3. The third-order valence-electron chi connectivity index (χ3n) is 1.33. The van der Waals surface area contributed by atoms with E-state index in [9.17, 15) is 0 Å². The number of nitrogens with zero attached hydrogens (tertiary/aromatic N) is 1. The van der Waals surface area contributed by atoms with Crippen molar-refractivity contribution >= 4 is 18.2 Å². The van der Waals surface area contributed by atoms with E-state index in [-0.39, 0.29) is 19.0 Å². The van der Waals surface area contributed by atoms with E-state index in [1.807, 2.05) is 19.1 Å². The lowest BCUT2D eigenvalue weighted by Crippen LogP contribution is -2.06. The third kappa shape index (κ3) is 3.55. The first-order valence-electron chi connectivity index (χ1n) is 3.60. The molecule has 0 spiro atoms. The van der Waals surface area contributed by atoms with E-state index < -0.39 is 0 Å². The van der Waals surface area contributed by atoms with E-state index in [2.05, 4.69) is 10.3 Å². The Hall–Kier alpha value is -0.800. The van der Waals surface area contributed by atoms with Crippen molar-refractivity contribution in [1.29, 1.82) is 0 Å². The van der Waals surface area contributed by atoms with Crippen LogP contribution in [-0.2, 0) is 0 Å². The van der Waals surface area contributed by atoms with Crippen molar-refractivity contribution in [3.63, 3.8) is 0 Å². The Kier molecular flexibility index (Phi) is 5.41. The summed E-state index contributed by atoms with van der Waals surface area (Å²) in [4.78, 5) is 4.05. The zero-order valence-electron chi connectivity index (χ0n) is 6.95. The molecule has 0 fully saturated rings. The van der Waals surface area contributed by atoms with Crippen LogP contribution in [0.15, 0.2) is 18.3 Å². The zero-order valence-corrected chi connectivity index (χ0v) is 7.77. The van der Waals surface area contributed by atoms with Crippen molar-refractivity contribution in [3.05, 3.63) is 23.9 Å². The molecule has 0 bridgehead atoms. The van der Waals surface area contributed by atoms with Crippen molar-refractivity contribution in [1.82, 2.24) is 4.98 Å². The lowest BCUT2D eigenvalue weighted by Gasteiger charge is -2.02. The summed E-state index contributed by atoms with van der Waals surface area (Å²) in [5.74, 6) is 0.819. The van der Waals surface area contributed by atoms with Crippen LogP contribution in [-0.4, -0.2) is 23.2 Å². The number of aliphatic hydroxyl groups is 1. The van der Waals surface area contributed by atoms with Crippen LogP contribution in [0.5, 0.6) is 0 Å². The summed E-state index contributed by atoms with van der Waals surface area (Å²) in [5.41, 5.74) is 1.17. The lowest BCUT2D eigenvalue weighted by molar-refractivity contribution is 0.311. The van der Waals surface area contributed by atoms with Crippen LogP contribution in [0.4, 0.5) is 5.82 Å². The van der Waals surface area contributed by atoms with Gasteiger partial charge in [-0.2, -0.15) is 0 Å². The maximum absolute atomic E-state index is 8.51. The van der Waals surface area contributed by atoms with Crippen LogP contribution in [0.25, 0.3) is 0 Å². The molecule has 68 valence electrons. The largest absolute Gasteiger partial charge is 0.395 e. The van der Waals surface area contributed by atoms with Gasteiger partial charge in [-0.3, -0.25) is 0 Å². The normalized spacial score (nSPS) is 8.83. The molecule has 0 saturated carbocycles. The van der Waals surface area contributed by atoms with Gasteiger partial charge in [-0.25, -0.2) is 4.98 Å². The van der Waals surface area contributed by atoms with Gasteiger partial charge in [0.2, 0.25) is 0 Å². The lowest BCUT2D eigenvalue weighted by atomic mass is 10.3. The quantitative estimate of drug-likeness (QED) is 0.750. The Balaban J connectivity index is 0.00000121. The van der Waals surface area contributed by atoms with Crippen LogP contribution in [0.2, 0.25) is 0 Å². The number of aromatic nitrogens is 1. The average molecular weight is 189 g/mol. The fraction of sp³-hybridized carbons (Fsp3) is 0.375. The van der Waals surface area contributed by atoms with Gasteiger partial charge in [-0.05, 0) is 24.6 Å². The van der Waals surface area contributed by atoms with E-state index in [0.717, 1.165) is 5.82 Å². The molecule has 12 heavy (non-hydrogen) atoms. The minimum absolute atomic E-state index is 0. The van der Waals surface area contributed by atoms with Crippen LogP contribution < -0.4 is 5.32 Å². The number of aliphatic hydroxyl groups excluding tert-OH is 1. The smallest absolute Gasteiger partial charge is 0.126 e. The highest BCUT2D eigenvalue weighted by Gasteiger charge is 1.90. The van der Waals surface area contributed by atoms with Gasteiger partial charge in [0.05, 0.1) is 6.61 Å². The van der Waals surface area contributed by atoms with Gasteiger partial charge >= 0.3 is 0 Å². The van der Waals surface area contributed by atoms with Crippen LogP contribution in [0.3, 0.4) is 0 Å². The van der Waals surface area contributed by atoms with Crippen molar-refractivity contribution in [2.75, 3.05) is 18.5 Å². The van der Waals surface area contributed by atoms with E-state index in [1.165, 1.54) is 5.56 Å². The average Bonchev–Trinajstić information content (AvgIpc) is 2.01. The van der Waals surface area contributed by atoms with E-state index in [4.69, 9.17) is 5.11 Å². The Morgan fingerprint density at radius 1 is 1.58 bits per heavy atom. The Labute approximate surface area is 78.2 Å². The Bertz CT molecular complexity index is 230. The SMILES string of the molecule is Cc1ccnc(NCCO)c1.Cl. The number of halogens is 1. The summed E-state index contributed by atoms with van der Waals surface area (Å²) in [6.45, 7) is 2.69. The van der Waals surface area contributed by atoms with Crippen LogP contribution >= 0.6 is 12.4 Å². The van der Waals surface area contributed by atoms with Crippen molar-refractivity contribution in [2.45, 2.75) is 6.92 Å². The fourth-order valence-corrected chi connectivity index (χ4v) is 0.817. The summed E-state index contributed by atoms with van der Waals surface area (Å²) in [7, 11) is 0. The minimum atomic E-state index is 0. The molecule has 0 aliphatic rings. The molecule has 2 N–H and O–H groups in total. The Morgan fingerprint density at radius 2 is 2.33 bits per heavy atom. The summed E-state index contributed by atoms with van der Waals surface area (Å²) in [6.07, 6.45) is 1.75. The van der Waals surface area contributed by atoms with Crippen molar-refractivity contribution < 1.29 is 5.11 Å². The van der Waals surface area contributed by atoms with Gasteiger partial charge in [-0.1, -0.05) is 0 Å². The number of nitrogens with one attached hydrogen (secondary N) is 1. The predicted molar refractivity (Wildman–Crippen MR) is 51.8 cm³/mol. The van der Waals surface area contributed by atoms with E-state index in [1.54, 1.807) is 6.20 Å². The van der Waals surface area contributed by atoms with Gasteiger partial charge in [0.1, 0.15) is 5.82 Å². The highest BCUT2D eigenvalue weighted by molar-refractivity contribution is 5.85. The Morgan fingerprint density at radius 3 is 2.92 bits per heavy atom. The molecule has 1 aromatic heterocycles. The molecule has 1 aromatic rings. The zero-order chi connectivity index (χ0) is 8.10. The van der Waals surface area contributed by atoms with E-state index in [0.29, 0.717) is 6.54 Å². The van der Waals surface area contributed by atoms with Gasteiger partial charge < -0.3 is 10.4 Å². The summed E-state index contributed by atoms with van der Waals surface area (Å²) >= 11 is 0. The van der Waals surface area contributed by atoms with Crippen molar-refractivity contribution in [3.8, 4) is 0 Å². The van der Waals surface area contributed by atoms with Gasteiger partial charge in [0.15, 0.2) is 0 Å². The molecule has 0 saturated heterocycles. The summed E-state index contributed by atoms with van der Waals surface area (Å²) < 4.78 is 0. The molecule has 0 unspecified atom stereocenters. The van der Waals surface area contributed by atoms with E-state index >= 15 is 0 Å². The molecule has 0 aromatic carbocycles. The highest BCUT2D eigenvalue weighted by Crippen LogP contribution is 2.03. The molecule has 0 aliphatic heterocycles. The van der Waals surface area contributed by atoms with Gasteiger partial charge in [0, 0.05) is 12.7 Å². The second-order valence-corrected chi connectivity index (χ2v) is 2.37.